The second-order valence-electron chi connectivity index (χ2n) is 7.20. The molecule has 1 aromatic carbocycles. The minimum atomic E-state index is -0.339. The molecule has 1 heterocycles. The van der Waals surface area contributed by atoms with E-state index in [2.05, 4.69) is 20.6 Å². The fourth-order valence-electron chi connectivity index (χ4n) is 2.89. The van der Waals surface area contributed by atoms with Gasteiger partial charge < -0.3 is 20.3 Å². The maximum absolute atomic E-state index is 12.1. The van der Waals surface area contributed by atoms with Gasteiger partial charge in [-0.1, -0.05) is 12.1 Å². The number of aromatic nitrogens is 1. The van der Waals surface area contributed by atoms with Crippen molar-refractivity contribution in [3.8, 4) is 0 Å². The first kappa shape index (κ1) is 24.3. The van der Waals surface area contributed by atoms with Crippen molar-refractivity contribution in [1.29, 1.82) is 0 Å². The van der Waals surface area contributed by atoms with Gasteiger partial charge in [0.05, 0.1) is 18.3 Å². The predicted molar refractivity (Wildman–Crippen MR) is 124 cm³/mol. The van der Waals surface area contributed by atoms with Gasteiger partial charge in [-0.25, -0.2) is 9.78 Å². The average Bonchev–Trinajstić information content (AvgIpc) is 3.14. The van der Waals surface area contributed by atoms with Crippen molar-refractivity contribution in [2.75, 3.05) is 34.3 Å². The third-order valence-electron chi connectivity index (χ3n) is 4.51. The minimum absolute atomic E-state index is 0.0120. The van der Waals surface area contributed by atoms with Crippen molar-refractivity contribution < 1.29 is 14.3 Å². The van der Waals surface area contributed by atoms with E-state index in [9.17, 15) is 9.59 Å². The lowest BCUT2D eigenvalue weighted by Gasteiger charge is -2.16. The maximum Gasteiger partial charge on any atom is 0.350 e. The standard InChI is InChI=1S/C22H31N5O3S/c1-7-30-21(29)18-14(2)25-19(31-18)15(3)26-22(23-4)24-12-11-16-9-8-10-17(13-16)20(28)27(5)6/h8-10,13,15H,7,11-12H2,1-6H3,(H2,23,24,26). The highest BCUT2D eigenvalue weighted by Crippen LogP contribution is 2.24. The largest absolute Gasteiger partial charge is 0.462 e. The van der Waals surface area contributed by atoms with Crippen LogP contribution in [-0.2, 0) is 11.2 Å². The number of guanidine groups is 1. The highest BCUT2D eigenvalue weighted by molar-refractivity contribution is 7.13. The number of nitrogens with zero attached hydrogens (tertiary/aromatic N) is 3. The minimum Gasteiger partial charge on any atom is -0.462 e. The Kier molecular flexibility index (Phi) is 8.99. The summed E-state index contributed by atoms with van der Waals surface area (Å²) in [5.74, 6) is 0.286. The van der Waals surface area contributed by atoms with Crippen molar-refractivity contribution in [1.82, 2.24) is 20.5 Å². The molecular weight excluding hydrogens is 414 g/mol. The third-order valence-corrected chi connectivity index (χ3v) is 5.83. The van der Waals surface area contributed by atoms with Crippen molar-refractivity contribution >= 4 is 29.2 Å². The molecule has 0 saturated heterocycles. The molecule has 1 amide bonds. The van der Waals surface area contributed by atoms with Crippen molar-refractivity contribution in [2.24, 2.45) is 4.99 Å². The topological polar surface area (TPSA) is 95.9 Å². The van der Waals surface area contributed by atoms with Crippen LogP contribution >= 0.6 is 11.3 Å². The number of thiazole rings is 1. The van der Waals surface area contributed by atoms with Crippen LogP contribution in [0.15, 0.2) is 29.3 Å². The smallest absolute Gasteiger partial charge is 0.350 e. The third kappa shape index (κ3) is 6.78. The fourth-order valence-corrected chi connectivity index (χ4v) is 3.86. The van der Waals surface area contributed by atoms with E-state index in [1.165, 1.54) is 11.3 Å². The molecule has 0 aliphatic rings. The van der Waals surface area contributed by atoms with Crippen LogP contribution in [0.4, 0.5) is 0 Å². The summed E-state index contributed by atoms with van der Waals surface area (Å²) < 4.78 is 5.09. The van der Waals surface area contributed by atoms with E-state index in [0.29, 0.717) is 35.2 Å². The average molecular weight is 446 g/mol. The quantitative estimate of drug-likeness (QED) is 0.369. The van der Waals surface area contributed by atoms with Crippen molar-refractivity contribution in [3.05, 3.63) is 51.0 Å². The van der Waals surface area contributed by atoms with Gasteiger partial charge in [-0.15, -0.1) is 11.3 Å². The Bertz CT molecular complexity index is 939. The highest BCUT2D eigenvalue weighted by atomic mass is 32.1. The first-order chi connectivity index (χ1) is 14.8. The number of aliphatic imine (C=N–C) groups is 1. The summed E-state index contributed by atoms with van der Waals surface area (Å²) in [5, 5.41) is 7.37. The lowest BCUT2D eigenvalue weighted by atomic mass is 10.1. The normalized spacial score (nSPS) is 12.3. The molecule has 31 heavy (non-hydrogen) atoms. The van der Waals surface area contributed by atoms with E-state index in [-0.39, 0.29) is 17.9 Å². The van der Waals surface area contributed by atoms with E-state index in [4.69, 9.17) is 4.74 Å². The lowest BCUT2D eigenvalue weighted by Crippen LogP contribution is -2.39. The van der Waals surface area contributed by atoms with E-state index >= 15 is 0 Å². The molecule has 0 bridgehead atoms. The number of hydrogen-bond donors (Lipinski definition) is 2. The van der Waals surface area contributed by atoms with Crippen LogP contribution in [0.5, 0.6) is 0 Å². The van der Waals surface area contributed by atoms with Crippen LogP contribution in [0, 0.1) is 6.92 Å². The van der Waals surface area contributed by atoms with Crippen LogP contribution < -0.4 is 10.6 Å². The molecule has 1 unspecified atom stereocenters. The molecule has 0 fully saturated rings. The zero-order valence-electron chi connectivity index (χ0n) is 19.0. The molecule has 0 aliphatic carbocycles. The first-order valence-electron chi connectivity index (χ1n) is 10.2. The number of esters is 1. The second kappa shape index (κ2) is 11.5. The lowest BCUT2D eigenvalue weighted by molar-refractivity contribution is 0.0530. The van der Waals surface area contributed by atoms with Crippen LogP contribution in [0.1, 0.15) is 56.2 Å². The summed E-state index contributed by atoms with van der Waals surface area (Å²) in [4.78, 5) is 35.0. The summed E-state index contributed by atoms with van der Waals surface area (Å²) >= 11 is 1.33. The Labute approximate surface area is 187 Å². The molecule has 2 aromatic rings. The highest BCUT2D eigenvalue weighted by Gasteiger charge is 2.20. The van der Waals surface area contributed by atoms with Crippen molar-refractivity contribution in [2.45, 2.75) is 33.2 Å². The zero-order valence-corrected chi connectivity index (χ0v) is 19.8. The van der Waals surface area contributed by atoms with E-state index in [1.807, 2.05) is 31.2 Å². The number of benzene rings is 1. The number of rotatable bonds is 8. The molecule has 2 rings (SSSR count). The van der Waals surface area contributed by atoms with Crippen LogP contribution in [0.25, 0.3) is 0 Å². The molecule has 168 valence electrons. The molecule has 9 heteroatoms. The number of amides is 1. The number of carbonyl (C=O) groups excluding carboxylic acids is 2. The van der Waals surface area contributed by atoms with Crippen molar-refractivity contribution in [3.63, 3.8) is 0 Å². The molecule has 2 N–H and O–H groups in total. The Morgan fingerprint density at radius 1 is 1.32 bits per heavy atom. The molecule has 1 aromatic heterocycles. The van der Waals surface area contributed by atoms with Crippen LogP contribution in [-0.4, -0.2) is 62.0 Å². The number of carbonyl (C=O) groups is 2. The number of hydrogen-bond acceptors (Lipinski definition) is 6. The Balaban J connectivity index is 1.93. The second-order valence-corrected chi connectivity index (χ2v) is 8.23. The fraction of sp³-hybridized carbons (Fsp3) is 0.455. The molecule has 0 saturated carbocycles. The summed E-state index contributed by atoms with van der Waals surface area (Å²) in [6.45, 7) is 6.54. The first-order valence-corrected chi connectivity index (χ1v) is 11.0. The maximum atomic E-state index is 12.1. The van der Waals surface area contributed by atoms with Gasteiger partial charge >= 0.3 is 5.97 Å². The number of aryl methyl sites for hydroxylation is 1. The van der Waals surface area contributed by atoms with E-state index < -0.39 is 0 Å². The van der Waals surface area contributed by atoms with Gasteiger partial charge in [0.1, 0.15) is 9.88 Å². The molecule has 0 aliphatic heterocycles. The predicted octanol–water partition coefficient (Wildman–Crippen LogP) is 2.80. The molecule has 0 spiro atoms. The number of nitrogens with one attached hydrogen (secondary N) is 2. The van der Waals surface area contributed by atoms with Crippen LogP contribution in [0.3, 0.4) is 0 Å². The number of ether oxygens (including phenoxy) is 1. The SMILES string of the molecule is CCOC(=O)c1sc(C(C)NC(=NC)NCCc2cccc(C(=O)N(C)C)c2)nc1C. The Morgan fingerprint density at radius 2 is 2.06 bits per heavy atom. The summed E-state index contributed by atoms with van der Waals surface area (Å²) in [5.41, 5.74) is 2.41. The van der Waals surface area contributed by atoms with E-state index in [0.717, 1.165) is 17.0 Å². The van der Waals surface area contributed by atoms with E-state index in [1.54, 1.807) is 39.9 Å². The van der Waals surface area contributed by atoms with Gasteiger partial charge in [-0.3, -0.25) is 9.79 Å². The van der Waals surface area contributed by atoms with Gasteiger partial charge in [0.25, 0.3) is 5.91 Å². The summed E-state index contributed by atoms with van der Waals surface area (Å²) in [6, 6.07) is 7.51. The molecule has 1 atom stereocenters. The summed E-state index contributed by atoms with van der Waals surface area (Å²) in [6.07, 6.45) is 0.743. The summed E-state index contributed by atoms with van der Waals surface area (Å²) in [7, 11) is 5.19. The Morgan fingerprint density at radius 3 is 2.71 bits per heavy atom. The monoisotopic (exact) mass is 445 g/mol. The Hall–Kier alpha value is -2.94. The molecular formula is C22H31N5O3S. The molecule has 0 radical (unpaired) electrons. The van der Waals surface area contributed by atoms with Gasteiger partial charge in [-0.2, -0.15) is 0 Å². The van der Waals surface area contributed by atoms with Gasteiger partial charge in [-0.05, 0) is 44.9 Å². The van der Waals surface area contributed by atoms with Crippen LogP contribution in [0.2, 0.25) is 0 Å². The van der Waals surface area contributed by atoms with Gasteiger partial charge in [0.15, 0.2) is 5.96 Å². The van der Waals surface area contributed by atoms with Gasteiger partial charge in [0, 0.05) is 33.3 Å². The van der Waals surface area contributed by atoms with Gasteiger partial charge in [0.2, 0.25) is 0 Å². The zero-order chi connectivity index (χ0) is 23.0. The molecule has 8 nitrogen and oxygen atoms in total.